The number of nitrogens with zero attached hydrogens (tertiary/aromatic N) is 6. The Bertz CT molecular complexity index is 1580. The zero-order valence-electron chi connectivity index (χ0n) is 20.9. The first kappa shape index (κ1) is 24.5. The maximum Gasteiger partial charge on any atom is 0.292 e. The summed E-state index contributed by atoms with van der Waals surface area (Å²) in [6, 6.07) is 24.1. The SMILES string of the molecule is N=C(OC(N)=NC1N=C(c2ccccc2)c2ccccc2N1O)c1nc2ccccc2nc1N1CCOCC1. The third kappa shape index (κ3) is 4.88. The molecule has 4 aromatic rings. The first-order valence-corrected chi connectivity index (χ1v) is 12.5. The highest BCUT2D eigenvalue weighted by Crippen LogP contribution is 2.30. The lowest BCUT2D eigenvalue weighted by Crippen LogP contribution is -2.39. The molecule has 196 valence electrons. The van der Waals surface area contributed by atoms with Gasteiger partial charge in [0.05, 0.1) is 35.6 Å². The highest BCUT2D eigenvalue weighted by atomic mass is 16.5. The third-order valence-electron chi connectivity index (χ3n) is 6.44. The van der Waals surface area contributed by atoms with Crippen LogP contribution < -0.4 is 15.7 Å². The molecule has 0 saturated carbocycles. The molecule has 0 amide bonds. The van der Waals surface area contributed by atoms with Crippen LogP contribution in [0.5, 0.6) is 0 Å². The monoisotopic (exact) mass is 522 g/mol. The third-order valence-corrected chi connectivity index (χ3v) is 6.44. The standard InChI is InChI=1S/C28H26N8O3/c29-25(24-26(35-14-16-38-17-15-35)32-21-12-6-5-11-20(21)31-24)39-27(30)34-28-33-23(18-8-2-1-3-9-18)19-10-4-7-13-22(19)36(28)37/h1-13,28-29,37H,14-17H2,(H2,30,34). The minimum atomic E-state index is -1.12. The molecule has 6 rings (SSSR count). The number of aliphatic imine (C=N–C) groups is 2. The average Bonchev–Trinajstić information content (AvgIpc) is 2.99. The smallest absolute Gasteiger partial charge is 0.292 e. The van der Waals surface area contributed by atoms with Gasteiger partial charge in [0.15, 0.2) is 11.5 Å². The van der Waals surface area contributed by atoms with E-state index in [-0.39, 0.29) is 17.6 Å². The summed E-state index contributed by atoms with van der Waals surface area (Å²) < 4.78 is 11.1. The lowest BCUT2D eigenvalue weighted by molar-refractivity contribution is 0.122. The van der Waals surface area contributed by atoms with Gasteiger partial charge in [0.2, 0.25) is 12.2 Å². The summed E-state index contributed by atoms with van der Waals surface area (Å²) >= 11 is 0. The van der Waals surface area contributed by atoms with Gasteiger partial charge in [0, 0.05) is 24.2 Å². The lowest BCUT2D eigenvalue weighted by Gasteiger charge is -2.30. The van der Waals surface area contributed by atoms with E-state index >= 15 is 0 Å². The van der Waals surface area contributed by atoms with Crippen molar-refractivity contribution in [3.8, 4) is 0 Å². The number of para-hydroxylation sites is 3. The quantitative estimate of drug-likeness (QED) is 0.274. The van der Waals surface area contributed by atoms with Crippen LogP contribution in [0.4, 0.5) is 11.5 Å². The van der Waals surface area contributed by atoms with Crippen molar-refractivity contribution in [3.63, 3.8) is 0 Å². The maximum atomic E-state index is 10.9. The van der Waals surface area contributed by atoms with E-state index in [4.69, 9.17) is 25.6 Å². The summed E-state index contributed by atoms with van der Waals surface area (Å²) in [7, 11) is 0. The van der Waals surface area contributed by atoms with Crippen LogP contribution in [-0.2, 0) is 9.47 Å². The van der Waals surface area contributed by atoms with E-state index in [1.54, 1.807) is 6.07 Å². The van der Waals surface area contributed by atoms with Crippen molar-refractivity contribution in [1.82, 2.24) is 9.97 Å². The van der Waals surface area contributed by atoms with Gasteiger partial charge in [-0.15, -0.1) is 0 Å². The van der Waals surface area contributed by atoms with Crippen LogP contribution in [0.25, 0.3) is 11.0 Å². The summed E-state index contributed by atoms with van der Waals surface area (Å²) in [4.78, 5) is 20.4. The van der Waals surface area contributed by atoms with E-state index in [2.05, 4.69) is 15.0 Å². The molecule has 11 nitrogen and oxygen atoms in total. The highest BCUT2D eigenvalue weighted by molar-refractivity contribution is 6.17. The second-order valence-corrected chi connectivity index (χ2v) is 8.93. The van der Waals surface area contributed by atoms with Gasteiger partial charge in [-0.2, -0.15) is 4.99 Å². The summed E-state index contributed by atoms with van der Waals surface area (Å²) in [5.74, 6) is 0.193. The van der Waals surface area contributed by atoms with Gasteiger partial charge in [-0.3, -0.25) is 10.6 Å². The van der Waals surface area contributed by atoms with Crippen molar-refractivity contribution in [2.75, 3.05) is 36.3 Å². The fourth-order valence-corrected chi connectivity index (χ4v) is 4.58. The van der Waals surface area contributed by atoms with Crippen LogP contribution in [0.3, 0.4) is 0 Å². The number of aromatic nitrogens is 2. The molecule has 0 radical (unpaired) electrons. The lowest BCUT2D eigenvalue weighted by atomic mass is 9.99. The first-order valence-electron chi connectivity index (χ1n) is 12.5. The molecule has 0 spiro atoms. The predicted octanol–water partition coefficient (Wildman–Crippen LogP) is 3.15. The molecule has 3 heterocycles. The second-order valence-electron chi connectivity index (χ2n) is 8.93. The van der Waals surface area contributed by atoms with Gasteiger partial charge in [0.1, 0.15) is 0 Å². The predicted molar refractivity (Wildman–Crippen MR) is 149 cm³/mol. The first-order chi connectivity index (χ1) is 19.1. The fraction of sp³-hybridized carbons (Fsp3) is 0.179. The molecule has 4 N–H and O–H groups in total. The van der Waals surface area contributed by atoms with E-state index in [0.717, 1.165) is 16.2 Å². The van der Waals surface area contributed by atoms with Crippen LogP contribution in [0, 0.1) is 5.41 Å². The number of hydrogen-bond donors (Lipinski definition) is 3. The molecule has 1 atom stereocenters. The number of benzene rings is 3. The molecule has 11 heteroatoms. The Morgan fingerprint density at radius 3 is 2.38 bits per heavy atom. The minimum absolute atomic E-state index is 0.233. The Hall–Kier alpha value is -4.87. The molecule has 2 aliphatic heterocycles. The molecular weight excluding hydrogens is 496 g/mol. The van der Waals surface area contributed by atoms with Crippen LogP contribution in [0.2, 0.25) is 0 Å². The number of rotatable bonds is 4. The molecule has 2 aliphatic rings. The Morgan fingerprint density at radius 1 is 0.949 bits per heavy atom. The number of fused-ring (bicyclic) bond motifs is 2. The van der Waals surface area contributed by atoms with Crippen molar-refractivity contribution in [3.05, 3.63) is 95.7 Å². The summed E-state index contributed by atoms with van der Waals surface area (Å²) in [5, 5.41) is 20.6. The van der Waals surface area contributed by atoms with E-state index in [0.29, 0.717) is 54.6 Å². The molecule has 0 bridgehead atoms. The molecule has 1 unspecified atom stereocenters. The van der Waals surface area contributed by atoms with Gasteiger partial charge in [-0.05, 0) is 18.2 Å². The molecule has 1 saturated heterocycles. The van der Waals surface area contributed by atoms with Crippen LogP contribution in [-0.4, -0.2) is 65.4 Å². The average molecular weight is 523 g/mol. The fourth-order valence-electron chi connectivity index (χ4n) is 4.58. The van der Waals surface area contributed by atoms with Crippen molar-refractivity contribution in [1.29, 1.82) is 5.41 Å². The van der Waals surface area contributed by atoms with Crippen molar-refractivity contribution in [2.24, 2.45) is 15.7 Å². The number of hydroxylamine groups is 1. The highest BCUT2D eigenvalue weighted by Gasteiger charge is 2.28. The van der Waals surface area contributed by atoms with Crippen LogP contribution >= 0.6 is 0 Å². The number of nitrogens with two attached hydrogens (primary N) is 1. The van der Waals surface area contributed by atoms with Crippen LogP contribution in [0.15, 0.2) is 88.8 Å². The van der Waals surface area contributed by atoms with Crippen molar-refractivity contribution < 1.29 is 14.7 Å². The molecule has 1 fully saturated rings. The van der Waals surface area contributed by atoms with Gasteiger partial charge in [-0.25, -0.2) is 20.0 Å². The maximum absolute atomic E-state index is 10.9. The topological polar surface area (TPSA) is 146 Å². The zero-order valence-corrected chi connectivity index (χ0v) is 20.9. The largest absolute Gasteiger partial charge is 0.405 e. The van der Waals surface area contributed by atoms with E-state index in [1.165, 1.54) is 0 Å². The number of morpholine rings is 1. The van der Waals surface area contributed by atoms with Crippen LogP contribution in [0.1, 0.15) is 16.8 Å². The Balaban J connectivity index is 1.32. The van der Waals surface area contributed by atoms with Gasteiger partial charge in [-0.1, -0.05) is 60.7 Å². The number of nitrogens with one attached hydrogen (secondary N) is 1. The second kappa shape index (κ2) is 10.5. The molecule has 3 aromatic carbocycles. The van der Waals surface area contributed by atoms with Gasteiger partial charge in [0.25, 0.3) is 6.02 Å². The molecule has 39 heavy (non-hydrogen) atoms. The Morgan fingerprint density at radius 2 is 1.62 bits per heavy atom. The van der Waals surface area contributed by atoms with Crippen molar-refractivity contribution >= 4 is 40.2 Å². The van der Waals surface area contributed by atoms with E-state index < -0.39 is 6.29 Å². The number of ether oxygens (including phenoxy) is 2. The number of anilines is 2. The normalized spacial score (nSPS) is 17.5. The zero-order chi connectivity index (χ0) is 26.8. The Labute approximate surface area is 224 Å². The van der Waals surface area contributed by atoms with E-state index in [9.17, 15) is 5.21 Å². The minimum Gasteiger partial charge on any atom is -0.405 e. The molecule has 1 aromatic heterocycles. The number of amidine groups is 1. The Kier molecular flexibility index (Phi) is 6.57. The summed E-state index contributed by atoms with van der Waals surface area (Å²) in [5.41, 5.74) is 10.5. The van der Waals surface area contributed by atoms with Crippen molar-refractivity contribution in [2.45, 2.75) is 6.29 Å². The van der Waals surface area contributed by atoms with E-state index in [1.807, 2.05) is 77.7 Å². The molecule has 0 aliphatic carbocycles. The van der Waals surface area contributed by atoms with Gasteiger partial charge < -0.3 is 20.1 Å². The van der Waals surface area contributed by atoms with Gasteiger partial charge >= 0.3 is 0 Å². The number of hydrogen-bond acceptors (Lipinski definition) is 10. The molecular formula is C28H26N8O3. The summed E-state index contributed by atoms with van der Waals surface area (Å²) in [6.07, 6.45) is -1.12. The summed E-state index contributed by atoms with van der Waals surface area (Å²) in [6.45, 7) is 2.30.